The maximum Gasteiger partial charge on any atom is 0.472 e. The molecule has 0 aliphatic heterocycles. The van der Waals surface area contributed by atoms with E-state index in [1.165, 1.54) is 38.5 Å². The van der Waals surface area contributed by atoms with Crippen LogP contribution in [0.25, 0.3) is 0 Å². The van der Waals surface area contributed by atoms with Gasteiger partial charge >= 0.3 is 39.5 Å². The predicted octanol–water partition coefficient (Wildman–Crippen LogP) is 21.1. The zero-order valence-corrected chi connectivity index (χ0v) is 62.4. The standard InChI is InChI=1S/C79H130O17P2/c1-5-9-13-17-21-25-29-32-35-36-39-41-45-48-52-56-60-64-77(82)90-70-75(96-79(84)66-62-58-54-50-46-42-38-34-31-27-23-19-15-11-7-3)72-94-98(87,88)92-68-73(80)67-91-97(85,86)93-71-74(95-78(83)65-61-57-53-49-43-28-24-20-16-12-8-4)69-89-76(81)63-59-55-51-47-44-40-37-33-30-26-22-18-14-10-6-2/h9-11,13-15,21-23,25-27,32-35,37-39,41,46,48,50,52,73-75,80H,5-8,12,16-20,24,28-31,36,40,42-45,47,49,51,53-72H2,1-4H3,(H,85,86)(H,87,88)/b13-9-,14-10-,15-11-,25-21-,26-22-,27-23-,35-32-,37-33-,38-34-,41-39-,50-46-,52-48-. The molecule has 5 unspecified atom stereocenters. The number of hydrogen-bond donors (Lipinski definition) is 3. The summed E-state index contributed by atoms with van der Waals surface area (Å²) in [7, 11) is -9.98. The van der Waals surface area contributed by atoms with Gasteiger partial charge in [0.15, 0.2) is 12.2 Å². The lowest BCUT2D eigenvalue weighted by atomic mass is 10.1. The van der Waals surface area contributed by atoms with Gasteiger partial charge in [0.25, 0.3) is 0 Å². The minimum absolute atomic E-state index is 0.0259. The van der Waals surface area contributed by atoms with Gasteiger partial charge in [-0.3, -0.25) is 37.3 Å². The molecule has 0 spiro atoms. The van der Waals surface area contributed by atoms with E-state index in [2.05, 4.69) is 161 Å². The summed E-state index contributed by atoms with van der Waals surface area (Å²) in [5, 5.41) is 10.6. The summed E-state index contributed by atoms with van der Waals surface area (Å²) < 4.78 is 68.3. The zero-order valence-electron chi connectivity index (χ0n) is 60.7. The molecule has 0 saturated carbocycles. The molecule has 0 rings (SSSR count). The highest BCUT2D eigenvalue weighted by Gasteiger charge is 2.30. The normalized spacial score (nSPS) is 14.8. The van der Waals surface area contributed by atoms with Crippen LogP contribution < -0.4 is 0 Å². The van der Waals surface area contributed by atoms with Gasteiger partial charge in [0.1, 0.15) is 19.3 Å². The second kappa shape index (κ2) is 70.4. The summed E-state index contributed by atoms with van der Waals surface area (Å²) in [4.78, 5) is 72.7. The van der Waals surface area contributed by atoms with E-state index in [-0.39, 0.29) is 25.7 Å². The molecule has 5 atom stereocenters. The number of aliphatic hydroxyl groups is 1. The molecule has 0 fully saturated rings. The summed E-state index contributed by atoms with van der Waals surface area (Å²) in [6.07, 6.45) is 78.6. The lowest BCUT2D eigenvalue weighted by Gasteiger charge is -2.21. The van der Waals surface area contributed by atoms with Crippen molar-refractivity contribution < 1.29 is 80.2 Å². The van der Waals surface area contributed by atoms with Crippen LogP contribution in [-0.2, 0) is 65.4 Å². The first-order valence-electron chi connectivity index (χ1n) is 37.1. The first-order chi connectivity index (χ1) is 47.7. The van der Waals surface area contributed by atoms with Gasteiger partial charge in [0, 0.05) is 25.7 Å². The van der Waals surface area contributed by atoms with Gasteiger partial charge in [-0.15, -0.1) is 0 Å². The van der Waals surface area contributed by atoms with E-state index in [1.54, 1.807) is 0 Å². The molecule has 19 heteroatoms. The average molecular weight is 1410 g/mol. The van der Waals surface area contributed by atoms with E-state index in [9.17, 15) is 43.2 Å². The van der Waals surface area contributed by atoms with E-state index in [4.69, 9.17) is 37.0 Å². The number of esters is 4. The van der Waals surface area contributed by atoms with Crippen molar-refractivity contribution in [3.05, 3.63) is 146 Å². The molecule has 98 heavy (non-hydrogen) atoms. The SMILES string of the molecule is CC/C=C\C/C=C\C/C=C\C/C=C\C/C=C\CCCC(=O)OCC(COP(=O)(O)OCC(O)COP(=O)(O)OCC(COC(=O)CCCCCCC/C=C\C/C=C\C/C=C\CC)OC(=O)CCCCCCCCCCCCC)OC(=O)CCCC/C=C\C/C=C\C/C=C\C/C=C\CC. The Balaban J connectivity index is 5.44. The molecule has 0 aliphatic carbocycles. The first-order valence-corrected chi connectivity index (χ1v) is 40.1. The Morgan fingerprint density at radius 2 is 0.541 bits per heavy atom. The van der Waals surface area contributed by atoms with Crippen molar-refractivity contribution >= 4 is 39.5 Å². The monoisotopic (exact) mass is 1410 g/mol. The van der Waals surface area contributed by atoms with Crippen molar-refractivity contribution in [3.63, 3.8) is 0 Å². The second-order valence-corrected chi connectivity index (χ2v) is 27.0. The van der Waals surface area contributed by atoms with Gasteiger partial charge < -0.3 is 33.8 Å². The van der Waals surface area contributed by atoms with Crippen molar-refractivity contribution in [3.8, 4) is 0 Å². The average Bonchev–Trinajstić information content (AvgIpc) is 0.986. The van der Waals surface area contributed by atoms with Gasteiger partial charge in [-0.1, -0.05) is 257 Å². The Morgan fingerprint density at radius 3 is 0.878 bits per heavy atom. The van der Waals surface area contributed by atoms with Crippen molar-refractivity contribution in [2.24, 2.45) is 0 Å². The van der Waals surface area contributed by atoms with Gasteiger partial charge in [0.05, 0.1) is 26.4 Å². The molecule has 0 amide bonds. The first kappa shape index (κ1) is 92.9. The number of phosphoric acid groups is 2. The van der Waals surface area contributed by atoms with E-state index >= 15 is 0 Å². The highest BCUT2D eigenvalue weighted by Crippen LogP contribution is 2.45. The minimum Gasteiger partial charge on any atom is -0.462 e. The van der Waals surface area contributed by atoms with Gasteiger partial charge in [-0.05, 0) is 135 Å². The van der Waals surface area contributed by atoms with Crippen LogP contribution in [-0.4, -0.2) is 96.7 Å². The lowest BCUT2D eigenvalue weighted by molar-refractivity contribution is -0.161. The van der Waals surface area contributed by atoms with Crippen molar-refractivity contribution in [1.82, 2.24) is 0 Å². The molecule has 0 aromatic heterocycles. The molecular formula is C79H130O17P2. The number of rotatable bonds is 68. The number of allylic oxidation sites excluding steroid dienone is 24. The molecule has 3 N–H and O–H groups in total. The number of phosphoric ester groups is 2. The molecule has 0 radical (unpaired) electrons. The summed E-state index contributed by atoms with van der Waals surface area (Å²) in [6, 6.07) is 0. The highest BCUT2D eigenvalue weighted by atomic mass is 31.2. The Morgan fingerprint density at radius 1 is 0.296 bits per heavy atom. The maximum atomic E-state index is 13.1. The quantitative estimate of drug-likeness (QED) is 0.0169. The molecule has 17 nitrogen and oxygen atoms in total. The van der Waals surface area contributed by atoms with E-state index in [0.717, 1.165) is 141 Å². The van der Waals surface area contributed by atoms with Crippen LogP contribution in [0.15, 0.2) is 146 Å². The van der Waals surface area contributed by atoms with Crippen LogP contribution in [0.5, 0.6) is 0 Å². The number of carbonyl (C=O) groups excluding carboxylic acids is 4. The maximum absolute atomic E-state index is 13.1. The summed E-state index contributed by atoms with van der Waals surface area (Å²) in [5.41, 5.74) is 0. The van der Waals surface area contributed by atoms with Crippen LogP contribution in [0.3, 0.4) is 0 Å². The fourth-order valence-electron chi connectivity index (χ4n) is 9.26. The number of hydrogen-bond acceptors (Lipinski definition) is 15. The molecule has 0 heterocycles. The minimum atomic E-state index is -5.00. The van der Waals surface area contributed by atoms with Crippen LogP contribution >= 0.6 is 15.6 Å². The van der Waals surface area contributed by atoms with Crippen LogP contribution in [0.2, 0.25) is 0 Å². The van der Waals surface area contributed by atoms with E-state index < -0.39 is 97.5 Å². The highest BCUT2D eigenvalue weighted by molar-refractivity contribution is 7.47. The Labute approximate surface area is 592 Å². The Bertz CT molecular complexity index is 2430. The summed E-state index contributed by atoms with van der Waals surface area (Å²) >= 11 is 0. The topological polar surface area (TPSA) is 237 Å². The largest absolute Gasteiger partial charge is 0.472 e. The fraction of sp³-hybridized carbons (Fsp3) is 0.646. The van der Waals surface area contributed by atoms with Crippen LogP contribution in [0, 0.1) is 0 Å². The zero-order chi connectivity index (χ0) is 71.8. The smallest absolute Gasteiger partial charge is 0.462 e. The molecule has 0 saturated heterocycles. The number of carbonyl (C=O) groups is 4. The van der Waals surface area contributed by atoms with Gasteiger partial charge in [-0.2, -0.15) is 0 Å². The third-order valence-corrected chi connectivity index (χ3v) is 16.7. The molecule has 0 aromatic carbocycles. The number of unbranched alkanes of at least 4 members (excludes halogenated alkanes) is 18. The molecule has 0 bridgehead atoms. The van der Waals surface area contributed by atoms with Gasteiger partial charge in [-0.25, -0.2) is 9.13 Å². The molecular weight excluding hydrogens is 1280 g/mol. The second-order valence-electron chi connectivity index (χ2n) is 24.1. The fourth-order valence-corrected chi connectivity index (χ4v) is 10.8. The van der Waals surface area contributed by atoms with Crippen LogP contribution in [0.4, 0.5) is 0 Å². The van der Waals surface area contributed by atoms with E-state index in [1.807, 2.05) is 12.2 Å². The third-order valence-electron chi connectivity index (χ3n) is 14.8. The Hall–Kier alpha value is -5.06. The molecule has 0 aromatic rings. The van der Waals surface area contributed by atoms with Gasteiger partial charge in [0.2, 0.25) is 0 Å². The Kier molecular flexibility index (Phi) is 66.7. The van der Waals surface area contributed by atoms with Crippen molar-refractivity contribution in [1.29, 1.82) is 0 Å². The van der Waals surface area contributed by atoms with E-state index in [0.29, 0.717) is 38.5 Å². The lowest BCUT2D eigenvalue weighted by Crippen LogP contribution is -2.30. The van der Waals surface area contributed by atoms with Crippen molar-refractivity contribution in [2.75, 3.05) is 39.6 Å². The number of aliphatic hydroxyl groups excluding tert-OH is 1. The molecule has 0 aliphatic rings. The van der Waals surface area contributed by atoms with Crippen molar-refractivity contribution in [2.45, 2.75) is 290 Å². The third kappa shape index (κ3) is 69.4. The number of ether oxygens (including phenoxy) is 4. The molecule has 558 valence electrons. The van der Waals surface area contributed by atoms with Crippen LogP contribution in [0.1, 0.15) is 272 Å². The predicted molar refractivity (Wildman–Crippen MR) is 399 cm³/mol. The summed E-state index contributed by atoms with van der Waals surface area (Å²) in [6.45, 7) is 4.37. The summed E-state index contributed by atoms with van der Waals surface area (Å²) in [5.74, 6) is -2.32.